The third-order valence-corrected chi connectivity index (χ3v) is 5.11. The molecule has 7 heteroatoms. The molecule has 1 aliphatic rings. The molecule has 1 heterocycles. The molecule has 166 valence electrons. The van der Waals surface area contributed by atoms with E-state index in [1.165, 1.54) is 0 Å². The number of rotatable bonds is 9. The van der Waals surface area contributed by atoms with Crippen molar-refractivity contribution < 1.29 is 23.8 Å². The van der Waals surface area contributed by atoms with Crippen LogP contribution in [0, 0.1) is 0 Å². The van der Waals surface area contributed by atoms with E-state index in [-0.39, 0.29) is 24.5 Å². The van der Waals surface area contributed by atoms with Gasteiger partial charge in [0.25, 0.3) is 11.8 Å². The highest BCUT2D eigenvalue weighted by atomic mass is 16.5. The minimum Gasteiger partial charge on any atom is -0.494 e. The number of ether oxygens (including phenoxy) is 3. The molecular formula is C24H30N2O5. The molecule has 0 saturated carbocycles. The first kappa shape index (κ1) is 22.5. The number of amides is 2. The summed E-state index contributed by atoms with van der Waals surface area (Å²) in [5, 5.41) is 3.06. The van der Waals surface area contributed by atoms with Gasteiger partial charge in [-0.25, -0.2) is 0 Å². The van der Waals surface area contributed by atoms with Crippen molar-refractivity contribution >= 4 is 11.8 Å². The highest BCUT2D eigenvalue weighted by molar-refractivity contribution is 5.94. The molecule has 1 saturated heterocycles. The summed E-state index contributed by atoms with van der Waals surface area (Å²) in [5.74, 6) is 1.77. The second-order valence-corrected chi connectivity index (χ2v) is 7.25. The second kappa shape index (κ2) is 11.2. The van der Waals surface area contributed by atoms with E-state index in [1.54, 1.807) is 35.2 Å². The van der Waals surface area contributed by atoms with Crippen LogP contribution in [0.1, 0.15) is 37.0 Å². The van der Waals surface area contributed by atoms with Crippen LogP contribution in [0.4, 0.5) is 0 Å². The number of nitrogens with zero attached hydrogens (tertiary/aromatic N) is 1. The monoisotopic (exact) mass is 426 g/mol. The maximum atomic E-state index is 12.5. The number of hydrogen-bond acceptors (Lipinski definition) is 5. The summed E-state index contributed by atoms with van der Waals surface area (Å²) in [6, 6.07) is 14.5. The summed E-state index contributed by atoms with van der Waals surface area (Å²) in [6.07, 6.45) is 1.42. The van der Waals surface area contributed by atoms with E-state index in [1.807, 2.05) is 32.0 Å². The molecule has 0 unspecified atom stereocenters. The van der Waals surface area contributed by atoms with Gasteiger partial charge in [-0.1, -0.05) is 12.1 Å². The Morgan fingerprint density at radius 3 is 2.13 bits per heavy atom. The molecule has 0 spiro atoms. The van der Waals surface area contributed by atoms with Crippen LogP contribution < -0.4 is 19.5 Å². The van der Waals surface area contributed by atoms with Crippen LogP contribution in [0.5, 0.6) is 17.2 Å². The van der Waals surface area contributed by atoms with Crippen molar-refractivity contribution in [3.05, 3.63) is 54.1 Å². The first-order chi connectivity index (χ1) is 15.1. The first-order valence-corrected chi connectivity index (χ1v) is 10.8. The van der Waals surface area contributed by atoms with Gasteiger partial charge in [-0.05, 0) is 63.1 Å². The largest absolute Gasteiger partial charge is 0.494 e. The Morgan fingerprint density at radius 2 is 1.52 bits per heavy atom. The Hall–Kier alpha value is -3.22. The standard InChI is InChI=1S/C24H30N2O5/c1-3-29-20-11-9-18(10-12-20)24(28)25-19-13-15-26(16-14-19)23(27)17-31-22-8-6-5-7-21(22)30-4-2/h5-12,19H,3-4,13-17H2,1-2H3,(H,25,28). The van der Waals surface area contributed by atoms with Crippen molar-refractivity contribution in [2.24, 2.45) is 0 Å². The molecule has 0 aromatic heterocycles. The second-order valence-electron chi connectivity index (χ2n) is 7.25. The van der Waals surface area contributed by atoms with Gasteiger partial charge in [-0.15, -0.1) is 0 Å². The summed E-state index contributed by atoms with van der Waals surface area (Å²) in [7, 11) is 0. The minimum absolute atomic E-state index is 0.0344. The fourth-order valence-electron chi connectivity index (χ4n) is 3.49. The fourth-order valence-corrected chi connectivity index (χ4v) is 3.49. The van der Waals surface area contributed by atoms with Gasteiger partial charge in [0, 0.05) is 24.7 Å². The van der Waals surface area contributed by atoms with Crippen LogP contribution in [0.2, 0.25) is 0 Å². The zero-order valence-electron chi connectivity index (χ0n) is 18.1. The number of hydrogen-bond donors (Lipinski definition) is 1. The van der Waals surface area contributed by atoms with E-state index in [0.717, 1.165) is 5.75 Å². The Kier molecular flexibility index (Phi) is 8.15. The van der Waals surface area contributed by atoms with Crippen molar-refractivity contribution in [2.45, 2.75) is 32.7 Å². The molecule has 7 nitrogen and oxygen atoms in total. The molecule has 2 aromatic carbocycles. The topological polar surface area (TPSA) is 77.1 Å². The van der Waals surface area contributed by atoms with E-state index in [2.05, 4.69) is 5.32 Å². The quantitative estimate of drug-likeness (QED) is 0.666. The number of carbonyl (C=O) groups excluding carboxylic acids is 2. The van der Waals surface area contributed by atoms with Gasteiger partial charge in [0.05, 0.1) is 13.2 Å². The van der Waals surface area contributed by atoms with Gasteiger partial charge in [0.15, 0.2) is 18.1 Å². The summed E-state index contributed by atoms with van der Waals surface area (Å²) in [5.41, 5.74) is 0.600. The first-order valence-electron chi connectivity index (χ1n) is 10.8. The van der Waals surface area contributed by atoms with Gasteiger partial charge in [-0.2, -0.15) is 0 Å². The molecule has 0 aliphatic carbocycles. The summed E-state index contributed by atoms with van der Waals surface area (Å²) < 4.78 is 16.6. The molecule has 1 aliphatic heterocycles. The highest BCUT2D eigenvalue weighted by Crippen LogP contribution is 2.26. The number of para-hydroxylation sites is 2. The number of piperidine rings is 1. The molecule has 3 rings (SSSR count). The van der Waals surface area contributed by atoms with E-state index in [0.29, 0.717) is 56.2 Å². The predicted octanol–water partition coefficient (Wildman–Crippen LogP) is 3.28. The molecule has 0 atom stereocenters. The van der Waals surface area contributed by atoms with Crippen molar-refractivity contribution in [3.63, 3.8) is 0 Å². The molecule has 1 fully saturated rings. The number of nitrogens with one attached hydrogen (secondary N) is 1. The van der Waals surface area contributed by atoms with Crippen LogP contribution in [0.25, 0.3) is 0 Å². The van der Waals surface area contributed by atoms with Crippen molar-refractivity contribution in [3.8, 4) is 17.2 Å². The summed E-state index contributed by atoms with van der Waals surface area (Å²) in [4.78, 5) is 26.8. The fraction of sp³-hybridized carbons (Fsp3) is 0.417. The lowest BCUT2D eigenvalue weighted by molar-refractivity contribution is -0.134. The Morgan fingerprint density at radius 1 is 0.903 bits per heavy atom. The lowest BCUT2D eigenvalue weighted by Crippen LogP contribution is -2.47. The van der Waals surface area contributed by atoms with Crippen LogP contribution in [-0.2, 0) is 4.79 Å². The highest BCUT2D eigenvalue weighted by Gasteiger charge is 2.24. The smallest absolute Gasteiger partial charge is 0.260 e. The molecule has 1 N–H and O–H groups in total. The van der Waals surface area contributed by atoms with Crippen LogP contribution in [0.15, 0.2) is 48.5 Å². The number of likely N-dealkylation sites (tertiary alicyclic amines) is 1. The van der Waals surface area contributed by atoms with Crippen molar-refractivity contribution in [2.75, 3.05) is 32.9 Å². The molecule has 31 heavy (non-hydrogen) atoms. The maximum absolute atomic E-state index is 12.5. The van der Waals surface area contributed by atoms with Crippen LogP contribution in [0.3, 0.4) is 0 Å². The van der Waals surface area contributed by atoms with Gasteiger partial charge in [0.2, 0.25) is 0 Å². The molecule has 2 aromatic rings. The van der Waals surface area contributed by atoms with Crippen LogP contribution in [-0.4, -0.2) is 55.7 Å². The maximum Gasteiger partial charge on any atom is 0.260 e. The predicted molar refractivity (Wildman–Crippen MR) is 118 cm³/mol. The van der Waals surface area contributed by atoms with E-state index >= 15 is 0 Å². The lowest BCUT2D eigenvalue weighted by Gasteiger charge is -2.32. The zero-order chi connectivity index (χ0) is 22.1. The Labute approximate surface area is 183 Å². The molecule has 0 radical (unpaired) electrons. The molecular weight excluding hydrogens is 396 g/mol. The van der Waals surface area contributed by atoms with Crippen molar-refractivity contribution in [1.29, 1.82) is 0 Å². The summed E-state index contributed by atoms with van der Waals surface area (Å²) in [6.45, 7) is 6.09. The Balaban J connectivity index is 1.43. The summed E-state index contributed by atoms with van der Waals surface area (Å²) >= 11 is 0. The average molecular weight is 427 g/mol. The molecule has 0 bridgehead atoms. The number of benzene rings is 2. The number of carbonyl (C=O) groups is 2. The molecule has 2 amide bonds. The van der Waals surface area contributed by atoms with E-state index < -0.39 is 0 Å². The SMILES string of the molecule is CCOc1ccc(C(=O)NC2CCN(C(=O)COc3ccccc3OCC)CC2)cc1. The third-order valence-electron chi connectivity index (χ3n) is 5.11. The third kappa shape index (κ3) is 6.38. The van der Waals surface area contributed by atoms with Gasteiger partial charge in [0.1, 0.15) is 5.75 Å². The zero-order valence-corrected chi connectivity index (χ0v) is 18.1. The van der Waals surface area contributed by atoms with Gasteiger partial charge >= 0.3 is 0 Å². The van der Waals surface area contributed by atoms with E-state index in [9.17, 15) is 9.59 Å². The van der Waals surface area contributed by atoms with Crippen LogP contribution >= 0.6 is 0 Å². The average Bonchev–Trinajstić information content (AvgIpc) is 2.79. The van der Waals surface area contributed by atoms with Crippen molar-refractivity contribution in [1.82, 2.24) is 10.2 Å². The van der Waals surface area contributed by atoms with E-state index in [4.69, 9.17) is 14.2 Å². The van der Waals surface area contributed by atoms with Gasteiger partial charge in [-0.3, -0.25) is 9.59 Å². The minimum atomic E-state index is -0.108. The Bertz CT molecular complexity index is 861. The normalized spacial score (nSPS) is 14.1. The lowest BCUT2D eigenvalue weighted by atomic mass is 10.0. The van der Waals surface area contributed by atoms with Gasteiger partial charge < -0.3 is 24.4 Å².